The Morgan fingerprint density at radius 2 is 2.08 bits per heavy atom. The number of nitrogens with one attached hydrogen (secondary N) is 1. The summed E-state index contributed by atoms with van der Waals surface area (Å²) in [6, 6.07) is 11.5. The molecule has 0 spiro atoms. The first-order valence-corrected chi connectivity index (χ1v) is 9.22. The average Bonchev–Trinajstić information content (AvgIpc) is 2.97. The van der Waals surface area contributed by atoms with E-state index in [4.69, 9.17) is 0 Å². The topological polar surface area (TPSA) is 59.8 Å². The molecule has 122 valence electrons. The van der Waals surface area contributed by atoms with Gasteiger partial charge < -0.3 is 5.32 Å². The van der Waals surface area contributed by atoms with Crippen molar-refractivity contribution in [2.75, 3.05) is 11.6 Å². The first-order chi connectivity index (χ1) is 11.6. The van der Waals surface area contributed by atoms with Gasteiger partial charge in [-0.05, 0) is 43.5 Å². The van der Waals surface area contributed by atoms with Gasteiger partial charge in [0.2, 0.25) is 0 Å². The molecule has 0 aliphatic heterocycles. The molecule has 0 saturated heterocycles. The van der Waals surface area contributed by atoms with Crippen molar-refractivity contribution < 1.29 is 4.79 Å². The fraction of sp³-hybridized carbons (Fsp3) is 0.118. The summed E-state index contributed by atoms with van der Waals surface area (Å²) in [5.41, 5.74) is 2.86. The molecule has 3 aromatic rings. The molecule has 24 heavy (non-hydrogen) atoms. The SMILES string of the molecule is CSc1ccc(NC(=O)c2cnn(-c3cccc(Br)c3)c2C)cn1. The predicted octanol–water partition coefficient (Wildman–Crippen LogP) is 4.31. The number of hydrogen-bond acceptors (Lipinski definition) is 4. The van der Waals surface area contributed by atoms with Crippen LogP contribution in [0.4, 0.5) is 5.69 Å². The van der Waals surface area contributed by atoms with Gasteiger partial charge in [-0.2, -0.15) is 5.10 Å². The Labute approximate surface area is 152 Å². The van der Waals surface area contributed by atoms with Crippen molar-refractivity contribution >= 4 is 39.3 Å². The third-order valence-electron chi connectivity index (χ3n) is 3.51. The second kappa shape index (κ2) is 7.19. The van der Waals surface area contributed by atoms with Crippen LogP contribution in [0.1, 0.15) is 16.1 Å². The lowest BCUT2D eigenvalue weighted by Crippen LogP contribution is -2.13. The van der Waals surface area contributed by atoms with Crippen molar-refractivity contribution in [3.05, 3.63) is 64.5 Å². The van der Waals surface area contributed by atoms with Gasteiger partial charge in [0.1, 0.15) is 0 Å². The number of aromatic nitrogens is 3. The number of thioether (sulfide) groups is 1. The van der Waals surface area contributed by atoms with Gasteiger partial charge in [0.05, 0.1) is 40.1 Å². The minimum atomic E-state index is -0.201. The van der Waals surface area contributed by atoms with Crippen LogP contribution in [0.15, 0.2) is 58.3 Å². The molecule has 2 aromatic heterocycles. The van der Waals surface area contributed by atoms with Gasteiger partial charge in [0, 0.05) is 4.47 Å². The van der Waals surface area contributed by atoms with E-state index in [9.17, 15) is 4.79 Å². The first-order valence-electron chi connectivity index (χ1n) is 7.20. The smallest absolute Gasteiger partial charge is 0.259 e. The van der Waals surface area contributed by atoms with E-state index >= 15 is 0 Å². The number of anilines is 1. The molecule has 7 heteroatoms. The molecule has 0 saturated carbocycles. The maximum absolute atomic E-state index is 12.5. The van der Waals surface area contributed by atoms with E-state index in [1.807, 2.05) is 49.6 Å². The molecule has 1 N–H and O–H groups in total. The van der Waals surface area contributed by atoms with Gasteiger partial charge in [-0.3, -0.25) is 4.79 Å². The van der Waals surface area contributed by atoms with Gasteiger partial charge >= 0.3 is 0 Å². The maximum Gasteiger partial charge on any atom is 0.259 e. The van der Waals surface area contributed by atoms with Crippen LogP contribution >= 0.6 is 27.7 Å². The lowest BCUT2D eigenvalue weighted by atomic mass is 10.2. The van der Waals surface area contributed by atoms with Gasteiger partial charge in [-0.25, -0.2) is 9.67 Å². The zero-order valence-electron chi connectivity index (χ0n) is 13.2. The Bertz CT molecular complexity index is 877. The van der Waals surface area contributed by atoms with Gasteiger partial charge in [-0.15, -0.1) is 11.8 Å². The summed E-state index contributed by atoms with van der Waals surface area (Å²) in [6.45, 7) is 1.87. The zero-order valence-corrected chi connectivity index (χ0v) is 15.6. The minimum Gasteiger partial charge on any atom is -0.320 e. The quantitative estimate of drug-likeness (QED) is 0.660. The van der Waals surface area contributed by atoms with E-state index in [-0.39, 0.29) is 5.91 Å². The second-order valence-electron chi connectivity index (χ2n) is 5.08. The molecule has 0 fully saturated rings. The Morgan fingerprint density at radius 3 is 2.75 bits per heavy atom. The summed E-state index contributed by atoms with van der Waals surface area (Å²) in [5, 5.41) is 8.10. The normalized spacial score (nSPS) is 10.6. The van der Waals surface area contributed by atoms with E-state index in [1.165, 1.54) is 0 Å². The molecule has 2 heterocycles. The van der Waals surface area contributed by atoms with Crippen LogP contribution in [0.5, 0.6) is 0 Å². The lowest BCUT2D eigenvalue weighted by molar-refractivity contribution is 0.102. The standard InChI is InChI=1S/C17H15BrN4OS/c1-11-15(10-20-22(11)14-5-3-4-12(18)8-14)17(23)21-13-6-7-16(24-2)19-9-13/h3-10H,1-2H3,(H,21,23). The zero-order chi connectivity index (χ0) is 17.1. The number of carbonyl (C=O) groups is 1. The van der Waals surface area contributed by atoms with Crippen LogP contribution in [0.2, 0.25) is 0 Å². The molecule has 0 aliphatic rings. The van der Waals surface area contributed by atoms with Crippen LogP contribution in [-0.2, 0) is 0 Å². The molecular formula is C17H15BrN4OS. The highest BCUT2D eigenvalue weighted by Crippen LogP contribution is 2.20. The van der Waals surface area contributed by atoms with Gasteiger partial charge in [-0.1, -0.05) is 22.0 Å². The highest BCUT2D eigenvalue weighted by Gasteiger charge is 2.15. The highest BCUT2D eigenvalue weighted by atomic mass is 79.9. The fourth-order valence-corrected chi connectivity index (χ4v) is 3.02. The fourth-order valence-electron chi connectivity index (χ4n) is 2.27. The van der Waals surface area contributed by atoms with Crippen molar-refractivity contribution in [2.24, 2.45) is 0 Å². The number of hydrogen-bond donors (Lipinski definition) is 1. The molecule has 0 atom stereocenters. The predicted molar refractivity (Wildman–Crippen MR) is 100.0 cm³/mol. The third-order valence-corrected chi connectivity index (χ3v) is 4.66. The minimum absolute atomic E-state index is 0.201. The Hall–Kier alpha value is -2.12. The third kappa shape index (κ3) is 3.52. The number of carbonyl (C=O) groups excluding carboxylic acids is 1. The number of rotatable bonds is 4. The van der Waals surface area contributed by atoms with Crippen molar-refractivity contribution in [2.45, 2.75) is 11.9 Å². The molecule has 5 nitrogen and oxygen atoms in total. The molecule has 1 amide bonds. The average molecular weight is 403 g/mol. The van der Waals surface area contributed by atoms with Gasteiger partial charge in [0.25, 0.3) is 5.91 Å². The Kier molecular flexibility index (Phi) is 5.01. The number of nitrogens with zero attached hydrogens (tertiary/aromatic N) is 3. The van der Waals surface area contributed by atoms with E-state index < -0.39 is 0 Å². The van der Waals surface area contributed by atoms with Gasteiger partial charge in [0.15, 0.2) is 0 Å². The summed E-state index contributed by atoms with van der Waals surface area (Å²) < 4.78 is 2.70. The van der Waals surface area contributed by atoms with Crippen molar-refractivity contribution in [3.63, 3.8) is 0 Å². The maximum atomic E-state index is 12.5. The second-order valence-corrected chi connectivity index (χ2v) is 6.82. The van der Waals surface area contributed by atoms with Crippen LogP contribution in [0.3, 0.4) is 0 Å². The summed E-state index contributed by atoms with van der Waals surface area (Å²) >= 11 is 5.00. The summed E-state index contributed by atoms with van der Waals surface area (Å²) in [4.78, 5) is 16.7. The molecule has 0 bridgehead atoms. The molecule has 0 unspecified atom stereocenters. The Morgan fingerprint density at radius 1 is 1.25 bits per heavy atom. The largest absolute Gasteiger partial charge is 0.320 e. The molecule has 3 rings (SSSR count). The van der Waals surface area contributed by atoms with E-state index in [2.05, 4.69) is 31.3 Å². The van der Waals surface area contributed by atoms with Crippen LogP contribution < -0.4 is 5.32 Å². The lowest BCUT2D eigenvalue weighted by Gasteiger charge is -2.07. The molecule has 0 radical (unpaired) electrons. The number of pyridine rings is 1. The van der Waals surface area contributed by atoms with Crippen LogP contribution in [0, 0.1) is 6.92 Å². The van der Waals surface area contributed by atoms with Crippen molar-refractivity contribution in [1.29, 1.82) is 0 Å². The number of amides is 1. The number of halogens is 1. The monoisotopic (exact) mass is 402 g/mol. The van der Waals surface area contributed by atoms with Crippen molar-refractivity contribution in [3.8, 4) is 5.69 Å². The summed E-state index contributed by atoms with van der Waals surface area (Å²) in [6.07, 6.45) is 5.19. The molecule has 1 aromatic carbocycles. The highest BCUT2D eigenvalue weighted by molar-refractivity contribution is 9.10. The Balaban J connectivity index is 1.83. The molecular weight excluding hydrogens is 388 g/mol. The number of benzene rings is 1. The van der Waals surface area contributed by atoms with E-state index in [0.717, 1.165) is 20.9 Å². The first kappa shape index (κ1) is 16.7. The summed E-state index contributed by atoms with van der Waals surface area (Å²) in [5.74, 6) is -0.201. The van der Waals surface area contributed by atoms with Crippen LogP contribution in [-0.4, -0.2) is 26.9 Å². The van der Waals surface area contributed by atoms with E-state index in [0.29, 0.717) is 11.3 Å². The van der Waals surface area contributed by atoms with Crippen molar-refractivity contribution in [1.82, 2.24) is 14.8 Å². The van der Waals surface area contributed by atoms with E-state index in [1.54, 1.807) is 28.8 Å². The van der Waals surface area contributed by atoms with Crippen LogP contribution in [0.25, 0.3) is 5.69 Å². The summed E-state index contributed by atoms with van der Waals surface area (Å²) in [7, 11) is 0. The molecule has 0 aliphatic carbocycles.